The lowest BCUT2D eigenvalue weighted by atomic mass is 10.3. The topological polar surface area (TPSA) is 85.7 Å². The van der Waals surface area contributed by atoms with Gasteiger partial charge in [-0.15, -0.1) is 17.5 Å². The number of nitrogens with one attached hydrogen (secondary N) is 1. The van der Waals surface area contributed by atoms with Crippen LogP contribution in [-0.2, 0) is 4.74 Å². The maximum Gasteiger partial charge on any atom is 0.230 e. The maximum absolute atomic E-state index is 5.41. The Bertz CT molecular complexity index is 189. The van der Waals surface area contributed by atoms with E-state index in [0.29, 0.717) is 5.90 Å². The molecular weight excluding hydrogens is 168 g/mol. The number of hydrazone groups is 1. The molecule has 0 fully saturated rings. The van der Waals surface area contributed by atoms with E-state index in [2.05, 4.69) is 10.5 Å². The summed E-state index contributed by atoms with van der Waals surface area (Å²) in [4.78, 5) is 0. The predicted octanol–water partition coefficient (Wildman–Crippen LogP) is -0.901. The van der Waals surface area contributed by atoms with Crippen molar-refractivity contribution >= 4 is 18.3 Å². The highest BCUT2D eigenvalue weighted by atomic mass is 35.5. The minimum absolute atomic E-state index is 0. The van der Waals surface area contributed by atoms with E-state index in [1.165, 1.54) is 7.11 Å². The Morgan fingerprint density at radius 1 is 1.64 bits per heavy atom. The Balaban J connectivity index is 0.000001000. The van der Waals surface area contributed by atoms with Crippen molar-refractivity contribution in [1.29, 1.82) is 0 Å². The monoisotopic (exact) mass is 178 g/mol. The molecule has 0 atom stereocenters. The normalized spacial score (nSPS) is 19.4. The van der Waals surface area contributed by atoms with Gasteiger partial charge in [0.2, 0.25) is 5.90 Å². The lowest BCUT2D eigenvalue weighted by Crippen LogP contribution is -2.59. The fraction of sp³-hybridized carbons (Fsp3) is 0.400. The van der Waals surface area contributed by atoms with Gasteiger partial charge in [-0.1, -0.05) is 0 Å². The van der Waals surface area contributed by atoms with Crippen LogP contribution in [0.15, 0.2) is 17.3 Å². The molecule has 1 rings (SSSR count). The molecule has 11 heavy (non-hydrogen) atoms. The Hall–Kier alpha value is -0.780. The van der Waals surface area contributed by atoms with Crippen molar-refractivity contribution < 1.29 is 4.74 Å². The SMILES string of the molecule is COC1=NNC(N)(N)C=C1.Cl. The van der Waals surface area contributed by atoms with Gasteiger partial charge in [0, 0.05) is 6.08 Å². The third kappa shape index (κ3) is 2.75. The highest BCUT2D eigenvalue weighted by Crippen LogP contribution is 1.96. The molecule has 5 N–H and O–H groups in total. The van der Waals surface area contributed by atoms with Gasteiger partial charge in [0.1, 0.15) is 0 Å². The smallest absolute Gasteiger partial charge is 0.230 e. The molecule has 0 radical (unpaired) electrons. The molecule has 5 nitrogen and oxygen atoms in total. The fourth-order valence-corrected chi connectivity index (χ4v) is 0.549. The van der Waals surface area contributed by atoms with Crippen molar-refractivity contribution in [2.75, 3.05) is 7.11 Å². The fourth-order valence-electron chi connectivity index (χ4n) is 0.549. The number of nitrogens with two attached hydrogens (primary N) is 2. The summed E-state index contributed by atoms with van der Waals surface area (Å²) in [5.41, 5.74) is 13.3. The number of nitrogens with zero attached hydrogens (tertiary/aromatic N) is 1. The van der Waals surface area contributed by atoms with Gasteiger partial charge in [-0.2, -0.15) is 0 Å². The zero-order valence-corrected chi connectivity index (χ0v) is 6.89. The summed E-state index contributed by atoms with van der Waals surface area (Å²) in [6, 6.07) is 0. The molecule has 6 heteroatoms. The zero-order valence-electron chi connectivity index (χ0n) is 6.07. The van der Waals surface area contributed by atoms with Crippen molar-refractivity contribution in [3.05, 3.63) is 12.2 Å². The molecular formula is C5H11ClN4O. The van der Waals surface area contributed by atoms with Crippen LogP contribution in [-0.4, -0.2) is 18.8 Å². The van der Waals surface area contributed by atoms with Crippen molar-refractivity contribution in [2.24, 2.45) is 16.6 Å². The molecule has 0 aromatic rings. The first kappa shape index (κ1) is 10.2. The molecule has 0 saturated carbocycles. The molecule has 1 aliphatic rings. The van der Waals surface area contributed by atoms with Crippen LogP contribution >= 0.6 is 12.4 Å². The Labute approximate surface area is 70.9 Å². The summed E-state index contributed by atoms with van der Waals surface area (Å²) >= 11 is 0. The Morgan fingerprint density at radius 3 is 2.64 bits per heavy atom. The number of methoxy groups -OCH3 is 1. The summed E-state index contributed by atoms with van der Waals surface area (Å²) in [7, 11) is 1.52. The number of rotatable bonds is 0. The largest absolute Gasteiger partial charge is 0.480 e. The summed E-state index contributed by atoms with van der Waals surface area (Å²) in [6.45, 7) is 0. The minimum atomic E-state index is -1.04. The molecule has 0 aliphatic carbocycles. The lowest BCUT2D eigenvalue weighted by molar-refractivity contribution is 0.373. The molecule has 1 aliphatic heterocycles. The first-order chi connectivity index (χ1) is 4.64. The number of ether oxygens (including phenoxy) is 1. The first-order valence-electron chi connectivity index (χ1n) is 2.80. The maximum atomic E-state index is 5.41. The van der Waals surface area contributed by atoms with E-state index in [0.717, 1.165) is 0 Å². The Kier molecular flexibility index (Phi) is 3.31. The molecule has 1 heterocycles. The average Bonchev–Trinajstić information content (AvgIpc) is 1.88. The van der Waals surface area contributed by atoms with Gasteiger partial charge in [-0.3, -0.25) is 16.9 Å². The van der Waals surface area contributed by atoms with Gasteiger partial charge >= 0.3 is 0 Å². The van der Waals surface area contributed by atoms with Gasteiger partial charge in [0.15, 0.2) is 5.79 Å². The molecule has 0 amide bonds. The molecule has 64 valence electrons. The Morgan fingerprint density at radius 2 is 2.27 bits per heavy atom. The number of hydrogen-bond donors (Lipinski definition) is 3. The molecule has 0 spiro atoms. The van der Waals surface area contributed by atoms with E-state index in [-0.39, 0.29) is 12.4 Å². The van der Waals surface area contributed by atoms with E-state index >= 15 is 0 Å². The molecule has 0 saturated heterocycles. The third-order valence-corrected chi connectivity index (χ3v) is 1.07. The van der Waals surface area contributed by atoms with Crippen LogP contribution in [0.3, 0.4) is 0 Å². The number of halogens is 1. The zero-order chi connectivity index (χ0) is 7.61. The van der Waals surface area contributed by atoms with E-state index in [1.54, 1.807) is 12.2 Å². The summed E-state index contributed by atoms with van der Waals surface area (Å²) in [6.07, 6.45) is 3.18. The van der Waals surface area contributed by atoms with Crippen LogP contribution in [0.1, 0.15) is 0 Å². The second-order valence-electron chi connectivity index (χ2n) is 2.03. The molecule has 0 unspecified atom stereocenters. The van der Waals surface area contributed by atoms with E-state index < -0.39 is 5.79 Å². The second kappa shape index (κ2) is 3.56. The van der Waals surface area contributed by atoms with Crippen LogP contribution in [0.5, 0.6) is 0 Å². The van der Waals surface area contributed by atoms with Gasteiger partial charge < -0.3 is 4.74 Å². The first-order valence-corrected chi connectivity index (χ1v) is 2.80. The quantitative estimate of drug-likeness (QED) is 0.420. The minimum Gasteiger partial charge on any atom is -0.480 e. The third-order valence-electron chi connectivity index (χ3n) is 1.07. The highest BCUT2D eigenvalue weighted by molar-refractivity contribution is 5.88. The summed E-state index contributed by atoms with van der Waals surface area (Å²) in [5.74, 6) is -0.575. The summed E-state index contributed by atoms with van der Waals surface area (Å²) in [5, 5.41) is 3.71. The van der Waals surface area contributed by atoms with Gasteiger partial charge in [0.05, 0.1) is 7.11 Å². The molecule has 0 aromatic carbocycles. The van der Waals surface area contributed by atoms with Crippen LogP contribution in [0.2, 0.25) is 0 Å². The van der Waals surface area contributed by atoms with Crippen molar-refractivity contribution in [3.63, 3.8) is 0 Å². The van der Waals surface area contributed by atoms with Crippen LogP contribution in [0, 0.1) is 0 Å². The lowest BCUT2D eigenvalue weighted by Gasteiger charge is -2.22. The van der Waals surface area contributed by atoms with E-state index in [9.17, 15) is 0 Å². The van der Waals surface area contributed by atoms with E-state index in [1.807, 2.05) is 0 Å². The van der Waals surface area contributed by atoms with Crippen LogP contribution in [0.25, 0.3) is 0 Å². The number of hydrogen-bond acceptors (Lipinski definition) is 5. The molecule has 0 aromatic heterocycles. The predicted molar refractivity (Wildman–Crippen MR) is 45.1 cm³/mol. The van der Waals surface area contributed by atoms with Gasteiger partial charge in [0.25, 0.3) is 0 Å². The van der Waals surface area contributed by atoms with Crippen molar-refractivity contribution in [3.8, 4) is 0 Å². The van der Waals surface area contributed by atoms with Crippen molar-refractivity contribution in [1.82, 2.24) is 5.43 Å². The summed E-state index contributed by atoms with van der Waals surface area (Å²) < 4.78 is 4.77. The highest BCUT2D eigenvalue weighted by Gasteiger charge is 2.16. The van der Waals surface area contributed by atoms with Crippen molar-refractivity contribution in [2.45, 2.75) is 5.79 Å². The van der Waals surface area contributed by atoms with Crippen LogP contribution in [0.4, 0.5) is 0 Å². The van der Waals surface area contributed by atoms with E-state index in [4.69, 9.17) is 16.2 Å². The van der Waals surface area contributed by atoms with Crippen LogP contribution < -0.4 is 16.9 Å². The standard InChI is InChI=1S/C5H10N4O.ClH/c1-10-4-2-3-5(6,7)9-8-4;/h2-3,9H,6-7H2,1H3;1H. The average molecular weight is 179 g/mol. The molecule has 0 bridgehead atoms. The van der Waals surface area contributed by atoms with Gasteiger partial charge in [-0.25, -0.2) is 0 Å². The second-order valence-corrected chi connectivity index (χ2v) is 2.03. The van der Waals surface area contributed by atoms with Gasteiger partial charge in [-0.05, 0) is 6.08 Å².